The maximum Gasteiger partial charge on any atom is 0.239 e. The van der Waals surface area contributed by atoms with Crippen LogP contribution in [0.3, 0.4) is 0 Å². The van der Waals surface area contributed by atoms with Crippen molar-refractivity contribution in [2.24, 2.45) is 0 Å². The predicted octanol–water partition coefficient (Wildman–Crippen LogP) is 4.89. The summed E-state index contributed by atoms with van der Waals surface area (Å²) in [4.78, 5) is 4.31. The van der Waals surface area contributed by atoms with Gasteiger partial charge >= 0.3 is 0 Å². The third-order valence-corrected chi connectivity index (χ3v) is 5.36. The number of aromatic nitrogens is 5. The molecule has 0 radical (unpaired) electrons. The van der Waals surface area contributed by atoms with Crippen molar-refractivity contribution < 1.29 is 8.94 Å². The highest BCUT2D eigenvalue weighted by atomic mass is 79.9. The summed E-state index contributed by atoms with van der Waals surface area (Å²) >= 11 is 4.86. The van der Waals surface area contributed by atoms with Crippen molar-refractivity contribution in [1.29, 1.82) is 0 Å². The fraction of sp³-hybridized carbons (Fsp3) is 0.222. The maximum atomic E-state index is 5.70. The Bertz CT molecular complexity index is 1040. The fourth-order valence-electron chi connectivity index (χ4n) is 2.59. The van der Waals surface area contributed by atoms with Gasteiger partial charge in [-0.05, 0) is 47.5 Å². The lowest BCUT2D eigenvalue weighted by Gasteiger charge is -2.11. The Morgan fingerprint density at radius 2 is 1.96 bits per heavy atom. The summed E-state index contributed by atoms with van der Waals surface area (Å²) in [7, 11) is 0. The fourth-order valence-corrected chi connectivity index (χ4v) is 3.77. The van der Waals surface area contributed by atoms with Gasteiger partial charge in [0.25, 0.3) is 0 Å². The summed E-state index contributed by atoms with van der Waals surface area (Å²) in [6, 6.07) is 13.9. The molecule has 27 heavy (non-hydrogen) atoms. The van der Waals surface area contributed by atoms with Crippen LogP contribution in [0.4, 0.5) is 0 Å². The van der Waals surface area contributed by atoms with Gasteiger partial charge in [-0.15, -0.1) is 10.2 Å². The number of benzene rings is 1. The second kappa shape index (κ2) is 7.69. The number of hydrogen-bond donors (Lipinski definition) is 0. The van der Waals surface area contributed by atoms with Gasteiger partial charge in [-0.25, -0.2) is 0 Å². The van der Waals surface area contributed by atoms with Gasteiger partial charge in [0.05, 0.1) is 11.8 Å². The van der Waals surface area contributed by atoms with Crippen molar-refractivity contribution in [2.75, 3.05) is 0 Å². The third kappa shape index (κ3) is 3.98. The lowest BCUT2D eigenvalue weighted by molar-refractivity contribution is 0.376. The number of hydrogen-bond acceptors (Lipinski definition) is 7. The molecule has 7 nitrogen and oxygen atoms in total. The smallest absolute Gasteiger partial charge is 0.239 e. The van der Waals surface area contributed by atoms with Gasteiger partial charge in [0, 0.05) is 0 Å². The van der Waals surface area contributed by atoms with Crippen molar-refractivity contribution in [2.45, 2.75) is 30.8 Å². The molecule has 1 atom stereocenters. The second-order valence-corrected chi connectivity index (χ2v) is 8.01. The number of rotatable bonds is 6. The van der Waals surface area contributed by atoms with Crippen LogP contribution in [0.5, 0.6) is 0 Å². The second-order valence-electron chi connectivity index (χ2n) is 5.92. The molecule has 138 valence electrons. The van der Waals surface area contributed by atoms with Crippen LogP contribution in [0, 0.1) is 6.92 Å². The Morgan fingerprint density at radius 3 is 2.63 bits per heavy atom. The van der Waals surface area contributed by atoms with E-state index in [-0.39, 0.29) is 5.25 Å². The molecule has 0 fully saturated rings. The third-order valence-electron chi connectivity index (χ3n) is 3.87. The van der Waals surface area contributed by atoms with E-state index in [1.54, 1.807) is 6.92 Å². The molecule has 0 aliphatic rings. The molecule has 3 aromatic heterocycles. The molecular weight excluding hydrogens is 430 g/mol. The Hall–Kier alpha value is -2.39. The first-order valence-electron chi connectivity index (χ1n) is 8.30. The van der Waals surface area contributed by atoms with Crippen LogP contribution in [0.1, 0.15) is 29.5 Å². The van der Waals surface area contributed by atoms with Crippen LogP contribution in [0.25, 0.3) is 11.6 Å². The summed E-state index contributed by atoms with van der Waals surface area (Å²) in [5.41, 5.74) is 1.15. The quantitative estimate of drug-likeness (QED) is 0.390. The minimum atomic E-state index is -0.0545. The van der Waals surface area contributed by atoms with Crippen molar-refractivity contribution in [3.8, 4) is 11.6 Å². The average Bonchev–Trinajstić information content (AvgIpc) is 3.37. The highest BCUT2D eigenvalue weighted by Crippen LogP contribution is 2.35. The summed E-state index contributed by atoms with van der Waals surface area (Å²) in [5, 5.41) is 13.3. The molecule has 0 unspecified atom stereocenters. The highest BCUT2D eigenvalue weighted by molar-refractivity contribution is 9.10. The molecule has 0 N–H and O–H groups in total. The van der Waals surface area contributed by atoms with Crippen LogP contribution in [0.15, 0.2) is 61.2 Å². The lowest BCUT2D eigenvalue weighted by atomic mass is 10.2. The number of halogens is 1. The number of furan rings is 1. The first kappa shape index (κ1) is 18.0. The van der Waals surface area contributed by atoms with E-state index in [2.05, 4.69) is 48.4 Å². The van der Waals surface area contributed by atoms with Gasteiger partial charge in [-0.3, -0.25) is 4.57 Å². The van der Waals surface area contributed by atoms with Gasteiger partial charge in [0.1, 0.15) is 0 Å². The zero-order valence-corrected chi connectivity index (χ0v) is 17.1. The van der Waals surface area contributed by atoms with Gasteiger partial charge in [-0.2, -0.15) is 4.98 Å². The molecule has 0 bridgehead atoms. The molecule has 0 aliphatic heterocycles. The van der Waals surface area contributed by atoms with Gasteiger partial charge in [0.15, 0.2) is 21.4 Å². The zero-order valence-electron chi connectivity index (χ0n) is 14.7. The first-order valence-corrected chi connectivity index (χ1v) is 9.97. The van der Waals surface area contributed by atoms with E-state index in [0.717, 1.165) is 10.7 Å². The molecule has 0 amide bonds. The van der Waals surface area contributed by atoms with Crippen LogP contribution in [-0.4, -0.2) is 24.9 Å². The topological polar surface area (TPSA) is 82.8 Å². The van der Waals surface area contributed by atoms with Crippen molar-refractivity contribution in [3.05, 3.63) is 64.4 Å². The normalized spacial score (nSPS) is 12.4. The van der Waals surface area contributed by atoms with Crippen LogP contribution in [-0.2, 0) is 6.54 Å². The minimum Gasteiger partial charge on any atom is -0.446 e. The van der Waals surface area contributed by atoms with Gasteiger partial charge in [0.2, 0.25) is 11.7 Å². The number of nitrogens with zero attached hydrogens (tertiary/aromatic N) is 5. The summed E-state index contributed by atoms with van der Waals surface area (Å²) in [6.45, 7) is 4.43. The van der Waals surface area contributed by atoms with Gasteiger partial charge in [-0.1, -0.05) is 47.3 Å². The standard InChI is InChI=1S/C18H16BrN5O2S/c1-11(17-20-12(2)23-26-17)27-18-22-21-16(14-8-9-15(19)25-14)24(18)10-13-6-4-3-5-7-13/h3-9,11H,10H2,1-2H3/t11-/m0/s1. The molecule has 0 saturated carbocycles. The van der Waals surface area contributed by atoms with E-state index in [1.165, 1.54) is 11.8 Å². The monoisotopic (exact) mass is 445 g/mol. The van der Waals surface area contributed by atoms with E-state index < -0.39 is 0 Å². The zero-order chi connectivity index (χ0) is 18.8. The largest absolute Gasteiger partial charge is 0.446 e. The molecule has 3 heterocycles. The Labute approximate surface area is 168 Å². The average molecular weight is 446 g/mol. The van der Waals surface area contributed by atoms with Crippen LogP contribution in [0.2, 0.25) is 0 Å². The molecular formula is C18H16BrN5O2S. The maximum absolute atomic E-state index is 5.70. The lowest BCUT2D eigenvalue weighted by Crippen LogP contribution is -2.04. The van der Waals surface area contributed by atoms with E-state index >= 15 is 0 Å². The van der Waals surface area contributed by atoms with Crippen LogP contribution < -0.4 is 0 Å². The first-order chi connectivity index (χ1) is 13.1. The predicted molar refractivity (Wildman–Crippen MR) is 104 cm³/mol. The summed E-state index contributed by atoms with van der Waals surface area (Å²) in [6.07, 6.45) is 0. The van der Waals surface area contributed by atoms with E-state index in [0.29, 0.717) is 34.5 Å². The molecule has 1 aromatic carbocycles. The molecule has 0 spiro atoms. The van der Waals surface area contributed by atoms with Crippen molar-refractivity contribution in [3.63, 3.8) is 0 Å². The Balaban J connectivity index is 1.69. The van der Waals surface area contributed by atoms with E-state index in [9.17, 15) is 0 Å². The van der Waals surface area contributed by atoms with Crippen LogP contribution >= 0.6 is 27.7 Å². The summed E-state index contributed by atoms with van der Waals surface area (Å²) in [5.74, 6) is 2.50. The number of thioether (sulfide) groups is 1. The number of aryl methyl sites for hydroxylation is 1. The van der Waals surface area contributed by atoms with Crippen molar-refractivity contribution in [1.82, 2.24) is 24.9 Å². The molecule has 4 aromatic rings. The highest BCUT2D eigenvalue weighted by Gasteiger charge is 2.22. The molecule has 9 heteroatoms. The van der Waals surface area contributed by atoms with E-state index in [4.69, 9.17) is 8.94 Å². The minimum absolute atomic E-state index is 0.0545. The Kier molecular flexibility index (Phi) is 5.13. The van der Waals surface area contributed by atoms with Crippen molar-refractivity contribution >= 4 is 27.7 Å². The summed E-state index contributed by atoms with van der Waals surface area (Å²) < 4.78 is 13.7. The molecule has 4 rings (SSSR count). The Morgan fingerprint density at radius 1 is 1.15 bits per heavy atom. The van der Waals surface area contributed by atoms with E-state index in [1.807, 2.05) is 41.8 Å². The SMILES string of the molecule is Cc1noc([C@H](C)Sc2nnc(-c3ccc(Br)o3)n2Cc2ccccc2)n1. The van der Waals surface area contributed by atoms with Gasteiger partial charge < -0.3 is 8.94 Å². The molecule has 0 saturated heterocycles. The molecule has 0 aliphatic carbocycles.